The average Bonchev–Trinajstić information content (AvgIpc) is 3.02. The maximum absolute atomic E-state index is 6.61. The Balaban J connectivity index is 1.86. The Morgan fingerprint density at radius 2 is 2.16 bits per heavy atom. The van der Waals surface area contributed by atoms with Gasteiger partial charge < -0.3 is 10.5 Å². The van der Waals surface area contributed by atoms with E-state index in [-0.39, 0.29) is 6.04 Å². The first-order valence-electron chi connectivity index (χ1n) is 7.68. The Labute approximate surface area is 116 Å². The Morgan fingerprint density at radius 1 is 1.32 bits per heavy atom. The molecule has 19 heavy (non-hydrogen) atoms. The predicted molar refractivity (Wildman–Crippen MR) is 78.2 cm³/mol. The maximum atomic E-state index is 6.61. The number of aryl methyl sites for hydroxylation is 1. The summed E-state index contributed by atoms with van der Waals surface area (Å²) in [6.45, 7) is 4.87. The molecule has 4 unspecified atom stereocenters. The van der Waals surface area contributed by atoms with E-state index in [1.165, 1.54) is 36.8 Å². The van der Waals surface area contributed by atoms with Crippen LogP contribution in [0.2, 0.25) is 0 Å². The van der Waals surface area contributed by atoms with Gasteiger partial charge >= 0.3 is 0 Å². The van der Waals surface area contributed by atoms with Crippen molar-refractivity contribution >= 4 is 0 Å². The fourth-order valence-electron chi connectivity index (χ4n) is 4.18. The molecule has 1 aromatic rings. The average molecular weight is 259 g/mol. The van der Waals surface area contributed by atoms with E-state index in [9.17, 15) is 0 Å². The van der Waals surface area contributed by atoms with Crippen LogP contribution < -0.4 is 10.5 Å². The summed E-state index contributed by atoms with van der Waals surface area (Å²) in [6.07, 6.45) is 5.55. The molecule has 2 aliphatic carbocycles. The lowest BCUT2D eigenvalue weighted by atomic mass is 9.80. The highest BCUT2D eigenvalue weighted by atomic mass is 16.5. The highest BCUT2D eigenvalue weighted by Crippen LogP contribution is 2.52. The van der Waals surface area contributed by atoms with Gasteiger partial charge in [-0.3, -0.25) is 0 Å². The molecule has 0 aromatic heterocycles. The zero-order valence-electron chi connectivity index (χ0n) is 12.1. The first-order valence-corrected chi connectivity index (χ1v) is 7.68. The minimum Gasteiger partial charge on any atom is -0.494 e. The lowest BCUT2D eigenvalue weighted by molar-refractivity contribution is 0.273. The Hall–Kier alpha value is -1.02. The standard InChI is InChI=1S/C17H25NO/c1-3-19-16-7-4-11(2)8-15(16)17(18)14-10-12-5-6-13(14)9-12/h4,7-8,12-14,17H,3,5-6,9-10,18H2,1-2H3. The van der Waals surface area contributed by atoms with Crippen molar-refractivity contribution in [2.24, 2.45) is 23.5 Å². The van der Waals surface area contributed by atoms with Crippen molar-refractivity contribution in [2.45, 2.75) is 45.6 Å². The van der Waals surface area contributed by atoms with E-state index in [0.29, 0.717) is 12.5 Å². The van der Waals surface area contributed by atoms with Crippen molar-refractivity contribution < 1.29 is 4.74 Å². The minimum atomic E-state index is 0.150. The highest BCUT2D eigenvalue weighted by Gasteiger charge is 2.42. The summed E-state index contributed by atoms with van der Waals surface area (Å²) < 4.78 is 5.77. The number of nitrogens with two attached hydrogens (primary N) is 1. The molecule has 0 spiro atoms. The van der Waals surface area contributed by atoms with Gasteiger partial charge in [0, 0.05) is 11.6 Å². The molecule has 2 nitrogen and oxygen atoms in total. The van der Waals surface area contributed by atoms with Crippen molar-refractivity contribution in [1.29, 1.82) is 0 Å². The van der Waals surface area contributed by atoms with Crippen LogP contribution in [0.3, 0.4) is 0 Å². The third kappa shape index (κ3) is 2.38. The van der Waals surface area contributed by atoms with Crippen LogP contribution in [0.5, 0.6) is 5.75 Å². The molecule has 4 atom stereocenters. The second-order valence-corrected chi connectivity index (χ2v) is 6.34. The smallest absolute Gasteiger partial charge is 0.124 e. The fourth-order valence-corrected chi connectivity index (χ4v) is 4.18. The fraction of sp³-hybridized carbons (Fsp3) is 0.647. The molecule has 2 heteroatoms. The number of hydrogen-bond acceptors (Lipinski definition) is 2. The summed E-state index contributed by atoms with van der Waals surface area (Å²) in [7, 11) is 0. The van der Waals surface area contributed by atoms with E-state index >= 15 is 0 Å². The van der Waals surface area contributed by atoms with Gasteiger partial charge in [0.1, 0.15) is 5.75 Å². The molecule has 2 fully saturated rings. The van der Waals surface area contributed by atoms with E-state index in [4.69, 9.17) is 10.5 Å². The van der Waals surface area contributed by atoms with Gasteiger partial charge in [-0.25, -0.2) is 0 Å². The van der Waals surface area contributed by atoms with Crippen LogP contribution in [-0.2, 0) is 0 Å². The SMILES string of the molecule is CCOc1ccc(C)cc1C(N)C1CC2CCC1C2. The van der Waals surface area contributed by atoms with Gasteiger partial charge in [0.2, 0.25) is 0 Å². The molecule has 2 aliphatic rings. The molecule has 0 amide bonds. The molecular formula is C17H25NO. The quantitative estimate of drug-likeness (QED) is 0.892. The van der Waals surface area contributed by atoms with Crippen molar-refractivity contribution in [3.63, 3.8) is 0 Å². The lowest BCUT2D eigenvalue weighted by Gasteiger charge is -2.29. The van der Waals surface area contributed by atoms with Crippen LogP contribution in [0, 0.1) is 24.7 Å². The van der Waals surface area contributed by atoms with Gasteiger partial charge in [-0.2, -0.15) is 0 Å². The molecule has 0 saturated heterocycles. The van der Waals surface area contributed by atoms with Crippen molar-refractivity contribution in [3.05, 3.63) is 29.3 Å². The second kappa shape index (κ2) is 5.16. The number of ether oxygens (including phenoxy) is 1. The molecule has 2 bridgehead atoms. The Morgan fingerprint density at radius 3 is 2.79 bits per heavy atom. The van der Waals surface area contributed by atoms with Gasteiger partial charge in [-0.05, 0) is 56.9 Å². The topological polar surface area (TPSA) is 35.2 Å². The molecule has 0 heterocycles. The first-order chi connectivity index (χ1) is 9.19. The summed E-state index contributed by atoms with van der Waals surface area (Å²) in [5, 5.41) is 0. The number of benzene rings is 1. The maximum Gasteiger partial charge on any atom is 0.124 e. The van der Waals surface area contributed by atoms with Crippen molar-refractivity contribution in [1.82, 2.24) is 0 Å². The van der Waals surface area contributed by atoms with Crippen LogP contribution in [0.15, 0.2) is 18.2 Å². The van der Waals surface area contributed by atoms with Gasteiger partial charge in [0.05, 0.1) is 6.61 Å². The first kappa shape index (κ1) is 13.0. The highest BCUT2D eigenvalue weighted by molar-refractivity contribution is 5.39. The Bertz CT molecular complexity index is 457. The third-order valence-electron chi connectivity index (χ3n) is 5.08. The van der Waals surface area contributed by atoms with Crippen LogP contribution in [0.1, 0.15) is 49.8 Å². The summed E-state index contributed by atoms with van der Waals surface area (Å²) in [6, 6.07) is 6.57. The molecular weight excluding hydrogens is 234 g/mol. The van der Waals surface area contributed by atoms with Gasteiger partial charge in [0.15, 0.2) is 0 Å². The molecule has 0 aliphatic heterocycles. The van der Waals surface area contributed by atoms with Crippen LogP contribution in [0.25, 0.3) is 0 Å². The monoisotopic (exact) mass is 259 g/mol. The zero-order chi connectivity index (χ0) is 13.4. The van der Waals surface area contributed by atoms with E-state index in [0.717, 1.165) is 17.6 Å². The third-order valence-corrected chi connectivity index (χ3v) is 5.08. The van der Waals surface area contributed by atoms with E-state index < -0.39 is 0 Å². The normalized spacial score (nSPS) is 30.6. The van der Waals surface area contributed by atoms with E-state index in [2.05, 4.69) is 25.1 Å². The zero-order valence-corrected chi connectivity index (χ0v) is 12.1. The number of hydrogen-bond donors (Lipinski definition) is 1. The summed E-state index contributed by atoms with van der Waals surface area (Å²) >= 11 is 0. The van der Waals surface area contributed by atoms with Gasteiger partial charge in [-0.15, -0.1) is 0 Å². The summed E-state index contributed by atoms with van der Waals surface area (Å²) in [4.78, 5) is 0. The van der Waals surface area contributed by atoms with Crippen molar-refractivity contribution in [2.75, 3.05) is 6.61 Å². The number of rotatable bonds is 4. The van der Waals surface area contributed by atoms with Crippen LogP contribution in [0.4, 0.5) is 0 Å². The Kier molecular flexibility index (Phi) is 3.53. The molecule has 2 saturated carbocycles. The van der Waals surface area contributed by atoms with Crippen LogP contribution in [-0.4, -0.2) is 6.61 Å². The molecule has 1 aromatic carbocycles. The predicted octanol–water partition coefficient (Wildman–Crippen LogP) is 3.83. The van der Waals surface area contributed by atoms with Gasteiger partial charge in [-0.1, -0.05) is 24.1 Å². The van der Waals surface area contributed by atoms with E-state index in [1.807, 2.05) is 6.92 Å². The van der Waals surface area contributed by atoms with Crippen molar-refractivity contribution in [3.8, 4) is 5.75 Å². The van der Waals surface area contributed by atoms with Gasteiger partial charge in [0.25, 0.3) is 0 Å². The van der Waals surface area contributed by atoms with E-state index in [1.54, 1.807) is 0 Å². The molecule has 104 valence electrons. The second-order valence-electron chi connectivity index (χ2n) is 6.34. The lowest BCUT2D eigenvalue weighted by Crippen LogP contribution is -2.26. The summed E-state index contributed by atoms with van der Waals surface area (Å²) in [5.41, 5.74) is 9.10. The minimum absolute atomic E-state index is 0.150. The van der Waals surface area contributed by atoms with Crippen LogP contribution >= 0.6 is 0 Å². The molecule has 2 N–H and O–H groups in total. The molecule has 3 rings (SSSR count). The number of fused-ring (bicyclic) bond motifs is 2. The largest absolute Gasteiger partial charge is 0.494 e. The molecule has 0 radical (unpaired) electrons. The summed E-state index contributed by atoms with van der Waals surface area (Å²) in [5.74, 6) is 3.46.